The van der Waals surface area contributed by atoms with Crippen molar-refractivity contribution in [3.05, 3.63) is 29.8 Å². The third-order valence-electron chi connectivity index (χ3n) is 8.61. The van der Waals surface area contributed by atoms with Crippen molar-refractivity contribution in [2.75, 3.05) is 26.4 Å². The Kier molecular flexibility index (Phi) is 13.7. The lowest BCUT2D eigenvalue weighted by Crippen LogP contribution is -2.65. The van der Waals surface area contributed by atoms with Crippen LogP contribution in [0.5, 0.6) is 5.75 Å². The average molecular weight is 708 g/mol. The SMILES string of the molecule is CC(C)(C)C(=O)NCCc1ccc(O[C@H]2OC(CO[C@H]3OC(CO)[C@@H](O)[C@H](O)C3O)[C@@H](O)[C@H](O[C@@H]3OC(CO)[C@H](O)[C@@H](O)C3O)C2O)cc1. The van der Waals surface area contributed by atoms with E-state index < -0.39 is 117 Å². The molecule has 11 N–H and O–H groups in total. The topological polar surface area (TPSA) is 287 Å². The van der Waals surface area contributed by atoms with Gasteiger partial charge in [0.15, 0.2) is 12.6 Å². The summed E-state index contributed by atoms with van der Waals surface area (Å²) in [7, 11) is 0. The summed E-state index contributed by atoms with van der Waals surface area (Å²) in [6.07, 6.45) is -24.2. The number of aliphatic hydroxyl groups excluding tert-OH is 10. The molecule has 0 bridgehead atoms. The maximum absolute atomic E-state index is 12.1. The third kappa shape index (κ3) is 9.42. The minimum Gasteiger partial charge on any atom is -0.462 e. The molecule has 0 aliphatic carbocycles. The Morgan fingerprint density at radius 1 is 0.694 bits per heavy atom. The van der Waals surface area contributed by atoms with Crippen molar-refractivity contribution in [1.82, 2.24) is 5.32 Å². The zero-order valence-corrected chi connectivity index (χ0v) is 27.3. The summed E-state index contributed by atoms with van der Waals surface area (Å²) in [5.41, 5.74) is 0.325. The number of carbonyl (C=O) groups is 1. The minimum absolute atomic E-state index is 0.0939. The fraction of sp³-hybridized carbons (Fsp3) is 0.774. The standard InChI is InChI=1S/C31H49NO17/c1-31(2,3)30(43)32-9-8-13-4-6-14(7-5-13)45-29-25(42)26(49-28-24(41)22(39)19(36)16(11-34)47-28)20(37)17(48-29)12-44-27-23(40)21(38)18(35)15(10-33)46-27/h4-7,15-29,33-42H,8-12H2,1-3H3,(H,32,43)/t15?,16?,17?,18-,19+,20-,21+,22-,23?,24?,25?,26+,27+,28+,29+/m1/s1. The lowest BCUT2D eigenvalue weighted by molar-refractivity contribution is -0.358. The van der Waals surface area contributed by atoms with Gasteiger partial charge in [0.1, 0.15) is 79.0 Å². The Labute approximate surface area is 282 Å². The van der Waals surface area contributed by atoms with E-state index in [-0.39, 0.29) is 11.7 Å². The van der Waals surface area contributed by atoms with E-state index >= 15 is 0 Å². The molecule has 3 aliphatic rings. The molecule has 1 aromatic rings. The largest absolute Gasteiger partial charge is 0.462 e. The zero-order chi connectivity index (χ0) is 36.2. The van der Waals surface area contributed by atoms with Gasteiger partial charge in [-0.2, -0.15) is 0 Å². The van der Waals surface area contributed by atoms with Gasteiger partial charge in [0.25, 0.3) is 0 Å². The molecule has 1 aromatic carbocycles. The highest BCUT2D eigenvalue weighted by atomic mass is 16.7. The molecule has 49 heavy (non-hydrogen) atoms. The van der Waals surface area contributed by atoms with Gasteiger partial charge >= 0.3 is 0 Å². The van der Waals surface area contributed by atoms with Crippen LogP contribution in [0.1, 0.15) is 26.3 Å². The van der Waals surface area contributed by atoms with Gasteiger partial charge in [-0.25, -0.2) is 0 Å². The van der Waals surface area contributed by atoms with E-state index in [9.17, 15) is 55.9 Å². The number of hydrogen-bond donors (Lipinski definition) is 11. The molecular formula is C31H49NO17. The first-order chi connectivity index (χ1) is 23.1. The van der Waals surface area contributed by atoms with E-state index in [2.05, 4.69) is 5.32 Å². The predicted molar refractivity (Wildman–Crippen MR) is 162 cm³/mol. The number of nitrogens with one attached hydrogen (secondary N) is 1. The van der Waals surface area contributed by atoms with Crippen LogP contribution in [0.2, 0.25) is 0 Å². The van der Waals surface area contributed by atoms with E-state index in [1.807, 2.05) is 0 Å². The van der Waals surface area contributed by atoms with E-state index in [1.54, 1.807) is 45.0 Å². The predicted octanol–water partition coefficient (Wildman–Crippen LogP) is -4.78. The smallest absolute Gasteiger partial charge is 0.229 e. The number of rotatable bonds is 12. The summed E-state index contributed by atoms with van der Waals surface area (Å²) in [4.78, 5) is 12.1. The van der Waals surface area contributed by atoms with Crippen molar-refractivity contribution >= 4 is 5.91 Å². The number of ether oxygens (including phenoxy) is 6. The normalized spacial score (nSPS) is 40.1. The quantitative estimate of drug-likeness (QED) is 0.0972. The summed E-state index contributed by atoms with van der Waals surface area (Å²) >= 11 is 0. The molecule has 0 spiro atoms. The first-order valence-corrected chi connectivity index (χ1v) is 16.0. The van der Waals surface area contributed by atoms with Gasteiger partial charge in [-0.1, -0.05) is 32.9 Å². The van der Waals surface area contributed by atoms with Crippen LogP contribution in [-0.4, -0.2) is 175 Å². The lowest BCUT2D eigenvalue weighted by atomic mass is 9.95. The van der Waals surface area contributed by atoms with Crippen molar-refractivity contribution in [1.29, 1.82) is 0 Å². The molecule has 6 unspecified atom stereocenters. The highest BCUT2D eigenvalue weighted by molar-refractivity contribution is 5.81. The average Bonchev–Trinajstić information content (AvgIpc) is 3.07. The van der Waals surface area contributed by atoms with Crippen LogP contribution in [0.4, 0.5) is 0 Å². The highest BCUT2D eigenvalue weighted by Crippen LogP contribution is 2.32. The number of benzene rings is 1. The van der Waals surface area contributed by atoms with Crippen LogP contribution in [-0.2, 0) is 34.9 Å². The van der Waals surface area contributed by atoms with Gasteiger partial charge in [0.05, 0.1) is 19.8 Å². The Morgan fingerprint density at radius 3 is 1.78 bits per heavy atom. The van der Waals surface area contributed by atoms with Crippen LogP contribution >= 0.6 is 0 Å². The number of amides is 1. The molecule has 4 rings (SSSR count). The van der Waals surface area contributed by atoms with Gasteiger partial charge in [0.2, 0.25) is 12.2 Å². The van der Waals surface area contributed by atoms with Gasteiger partial charge in [-0.15, -0.1) is 0 Å². The maximum atomic E-state index is 12.1. The first-order valence-electron chi connectivity index (χ1n) is 16.0. The second-order valence-corrected chi connectivity index (χ2v) is 13.4. The molecule has 1 amide bonds. The van der Waals surface area contributed by atoms with Crippen molar-refractivity contribution in [3.63, 3.8) is 0 Å². The zero-order valence-electron chi connectivity index (χ0n) is 27.3. The molecule has 3 saturated heterocycles. The van der Waals surface area contributed by atoms with Crippen LogP contribution in [0.15, 0.2) is 24.3 Å². The summed E-state index contributed by atoms with van der Waals surface area (Å²) in [5, 5.41) is 106. The van der Waals surface area contributed by atoms with E-state index in [0.29, 0.717) is 13.0 Å². The fourth-order valence-corrected chi connectivity index (χ4v) is 5.48. The van der Waals surface area contributed by atoms with Crippen molar-refractivity contribution in [3.8, 4) is 5.75 Å². The Hall–Kier alpha value is -2.11. The molecular weight excluding hydrogens is 658 g/mol. The number of hydrogen-bond acceptors (Lipinski definition) is 17. The van der Waals surface area contributed by atoms with Crippen LogP contribution in [0.3, 0.4) is 0 Å². The molecule has 0 saturated carbocycles. The Balaban J connectivity index is 1.49. The summed E-state index contributed by atoms with van der Waals surface area (Å²) in [5.74, 6) is 0.117. The monoisotopic (exact) mass is 707 g/mol. The summed E-state index contributed by atoms with van der Waals surface area (Å²) < 4.78 is 33.7. The first kappa shape index (κ1) is 39.7. The van der Waals surface area contributed by atoms with Crippen LogP contribution < -0.4 is 10.1 Å². The van der Waals surface area contributed by atoms with Crippen molar-refractivity contribution < 1.29 is 84.3 Å². The van der Waals surface area contributed by atoms with Gasteiger partial charge in [0, 0.05) is 12.0 Å². The Morgan fingerprint density at radius 2 is 1.22 bits per heavy atom. The lowest BCUT2D eigenvalue weighted by Gasteiger charge is -2.46. The van der Waals surface area contributed by atoms with Crippen LogP contribution in [0.25, 0.3) is 0 Å². The highest BCUT2D eigenvalue weighted by Gasteiger charge is 2.52. The minimum atomic E-state index is -1.87. The molecule has 0 radical (unpaired) electrons. The van der Waals surface area contributed by atoms with E-state index in [1.165, 1.54) is 0 Å². The number of carbonyl (C=O) groups excluding carboxylic acids is 1. The molecule has 3 fully saturated rings. The molecule has 15 atom stereocenters. The molecule has 0 aromatic heterocycles. The van der Waals surface area contributed by atoms with Gasteiger partial charge in [-0.3, -0.25) is 4.79 Å². The second-order valence-electron chi connectivity index (χ2n) is 13.4. The van der Waals surface area contributed by atoms with Crippen LogP contribution in [0, 0.1) is 5.41 Å². The fourth-order valence-electron chi connectivity index (χ4n) is 5.48. The van der Waals surface area contributed by atoms with E-state index in [0.717, 1.165) is 5.56 Å². The Bertz CT molecular complexity index is 1180. The molecule has 280 valence electrons. The molecule has 3 aliphatic heterocycles. The van der Waals surface area contributed by atoms with E-state index in [4.69, 9.17) is 28.4 Å². The molecule has 3 heterocycles. The van der Waals surface area contributed by atoms with Crippen molar-refractivity contribution in [2.24, 2.45) is 5.41 Å². The summed E-state index contributed by atoms with van der Waals surface area (Å²) in [6, 6.07) is 6.61. The van der Waals surface area contributed by atoms with Gasteiger partial charge in [-0.05, 0) is 24.1 Å². The second kappa shape index (κ2) is 16.9. The molecule has 18 heteroatoms. The summed E-state index contributed by atoms with van der Waals surface area (Å²) in [6.45, 7) is 3.75. The number of aliphatic hydroxyl groups is 10. The molecule has 18 nitrogen and oxygen atoms in total. The third-order valence-corrected chi connectivity index (χ3v) is 8.61. The van der Waals surface area contributed by atoms with Crippen molar-refractivity contribution in [2.45, 2.75) is 119 Å². The van der Waals surface area contributed by atoms with Gasteiger partial charge < -0.3 is 84.8 Å². The maximum Gasteiger partial charge on any atom is 0.229 e.